The third kappa shape index (κ3) is 1.56. The van der Waals surface area contributed by atoms with E-state index in [4.69, 9.17) is 0 Å². The molecule has 2 heterocycles. The number of rotatable bonds is 2. The fourth-order valence-electron chi connectivity index (χ4n) is 1.04. The summed E-state index contributed by atoms with van der Waals surface area (Å²) in [6.07, 6.45) is 6.55. The molecular weight excluding hydrogens is 286 g/mol. The van der Waals surface area contributed by atoms with Crippen molar-refractivity contribution in [2.24, 2.45) is 0 Å². The van der Waals surface area contributed by atoms with Crippen molar-refractivity contribution in [3.8, 4) is 0 Å². The topological polar surface area (TPSA) is 41.9 Å². The van der Waals surface area contributed by atoms with Crippen LogP contribution in [0.4, 0.5) is 0 Å². The molecule has 0 saturated carbocycles. The second-order valence-electron chi connectivity index (χ2n) is 2.37. The quantitative estimate of drug-likeness (QED) is 0.634. The average molecular weight is 294 g/mol. The van der Waals surface area contributed by atoms with E-state index in [2.05, 4.69) is 37.8 Å². The van der Waals surface area contributed by atoms with Gasteiger partial charge < -0.3 is 10.6 Å². The molecule has 0 bridgehead atoms. The predicted molar refractivity (Wildman–Crippen MR) is 59.1 cm³/mol. The van der Waals surface area contributed by atoms with Crippen molar-refractivity contribution in [2.75, 3.05) is 6.67 Å². The Hall–Kier alpha value is -0.290. The van der Waals surface area contributed by atoms with Gasteiger partial charge in [0.25, 0.3) is 0 Å². The second kappa shape index (κ2) is 3.62. The van der Waals surface area contributed by atoms with Crippen molar-refractivity contribution in [3.63, 3.8) is 0 Å². The third-order valence-electron chi connectivity index (χ3n) is 1.61. The lowest BCUT2D eigenvalue weighted by Crippen LogP contribution is -2.13. The first-order valence-electron chi connectivity index (χ1n) is 3.49. The fourth-order valence-corrected chi connectivity index (χ4v) is 2.12. The van der Waals surface area contributed by atoms with Crippen LogP contribution in [-0.2, 0) is 0 Å². The Morgan fingerprint density at radius 3 is 3.17 bits per heavy atom. The summed E-state index contributed by atoms with van der Waals surface area (Å²) in [5.74, 6) is 0. The van der Waals surface area contributed by atoms with Crippen LogP contribution < -0.4 is 10.6 Å². The van der Waals surface area contributed by atoms with Gasteiger partial charge >= 0.3 is 0 Å². The summed E-state index contributed by atoms with van der Waals surface area (Å²) in [5.41, 5.74) is 2.26. The van der Waals surface area contributed by atoms with Gasteiger partial charge in [0.2, 0.25) is 0 Å². The molecule has 0 aromatic carbocycles. The number of aromatic nitrogens is 2. The number of hydrogen-bond donors (Lipinski definition) is 2. The number of hydrogen-bond acceptors (Lipinski definition) is 3. The molecule has 0 saturated heterocycles. The molecule has 0 aliphatic carbocycles. The predicted octanol–water partition coefficient (Wildman–Crippen LogP) is 1.12. The van der Waals surface area contributed by atoms with Crippen LogP contribution in [0.1, 0.15) is 5.56 Å². The minimum Gasteiger partial charge on any atom is -0.372 e. The highest BCUT2D eigenvalue weighted by Gasteiger charge is 2.06. The molecule has 6 heteroatoms. The lowest BCUT2D eigenvalue weighted by molar-refractivity contribution is 0.843. The van der Waals surface area contributed by atoms with E-state index in [1.165, 1.54) is 0 Å². The van der Waals surface area contributed by atoms with Crippen LogP contribution in [0.2, 0.25) is 0 Å². The van der Waals surface area contributed by atoms with Crippen molar-refractivity contribution in [2.45, 2.75) is 0 Å². The second-order valence-corrected chi connectivity index (χ2v) is 4.45. The van der Waals surface area contributed by atoms with Crippen LogP contribution in [-0.4, -0.2) is 16.2 Å². The first kappa shape index (κ1) is 8.31. The SMILES string of the molecule is IPn1cc(C2=CNCN2)cn1. The van der Waals surface area contributed by atoms with Crippen molar-refractivity contribution < 1.29 is 0 Å². The Morgan fingerprint density at radius 2 is 2.58 bits per heavy atom. The van der Waals surface area contributed by atoms with Gasteiger partial charge in [0.05, 0.1) is 24.9 Å². The molecule has 1 aliphatic rings. The highest BCUT2D eigenvalue weighted by molar-refractivity contribution is 14.2. The van der Waals surface area contributed by atoms with E-state index in [1.54, 1.807) is 0 Å². The molecular formula is C6H8IN4P. The zero-order valence-electron chi connectivity index (χ0n) is 6.21. The summed E-state index contributed by atoms with van der Waals surface area (Å²) < 4.78 is 1.93. The minimum atomic E-state index is 0.667. The Labute approximate surface area is 85.1 Å². The van der Waals surface area contributed by atoms with Crippen LogP contribution in [0.3, 0.4) is 0 Å². The van der Waals surface area contributed by atoms with E-state index in [-0.39, 0.29) is 0 Å². The van der Waals surface area contributed by atoms with E-state index in [0.29, 0.717) is 6.37 Å². The lowest BCUT2D eigenvalue weighted by atomic mass is 10.3. The standard InChI is InChI=1S/C6H8IN4P/c7-12-11-3-5(1-10-11)6-2-8-4-9-6/h1-3,8-9,12H,4H2. The zero-order chi connectivity index (χ0) is 8.39. The molecule has 2 N–H and O–H groups in total. The van der Waals surface area contributed by atoms with Gasteiger partial charge in [-0.25, -0.2) is 4.45 Å². The molecule has 1 atom stereocenters. The van der Waals surface area contributed by atoms with Gasteiger partial charge in [-0.05, 0) is 22.0 Å². The lowest BCUT2D eigenvalue weighted by Gasteiger charge is -1.96. The normalized spacial score (nSPS) is 16.2. The van der Waals surface area contributed by atoms with Crippen LogP contribution in [0.25, 0.3) is 5.70 Å². The Bertz CT molecular complexity index is 308. The van der Waals surface area contributed by atoms with E-state index < -0.39 is 0 Å². The maximum absolute atomic E-state index is 4.19. The van der Waals surface area contributed by atoms with E-state index in [0.717, 1.165) is 17.9 Å². The minimum absolute atomic E-state index is 0.667. The smallest absolute Gasteiger partial charge is 0.0846 e. The van der Waals surface area contributed by atoms with Crippen LogP contribution in [0.5, 0.6) is 0 Å². The summed E-state index contributed by atoms with van der Waals surface area (Å²) in [6.45, 7) is 0.813. The molecule has 64 valence electrons. The zero-order valence-corrected chi connectivity index (χ0v) is 9.37. The van der Waals surface area contributed by atoms with Crippen molar-refractivity contribution in [1.29, 1.82) is 0 Å². The van der Waals surface area contributed by atoms with E-state index in [1.807, 2.05) is 23.0 Å². The van der Waals surface area contributed by atoms with Gasteiger partial charge in [0.15, 0.2) is 0 Å². The molecule has 1 aliphatic heterocycles. The van der Waals surface area contributed by atoms with Crippen LogP contribution in [0.15, 0.2) is 18.6 Å². The molecule has 1 aromatic heterocycles. The molecule has 0 amide bonds. The number of nitrogens with one attached hydrogen (secondary N) is 2. The van der Waals surface area contributed by atoms with E-state index in [9.17, 15) is 0 Å². The molecule has 1 aromatic rings. The van der Waals surface area contributed by atoms with Crippen molar-refractivity contribution in [1.82, 2.24) is 20.2 Å². The highest BCUT2D eigenvalue weighted by atomic mass is 127. The van der Waals surface area contributed by atoms with Gasteiger partial charge in [0.1, 0.15) is 0 Å². The maximum Gasteiger partial charge on any atom is 0.0846 e. The largest absolute Gasteiger partial charge is 0.372 e. The maximum atomic E-state index is 4.19. The van der Waals surface area contributed by atoms with Crippen molar-refractivity contribution in [3.05, 3.63) is 24.2 Å². The molecule has 0 spiro atoms. The molecule has 0 fully saturated rings. The fraction of sp³-hybridized carbons (Fsp3) is 0.167. The molecule has 12 heavy (non-hydrogen) atoms. The Morgan fingerprint density at radius 1 is 1.67 bits per heavy atom. The third-order valence-corrected chi connectivity index (χ3v) is 3.51. The van der Waals surface area contributed by atoms with Crippen LogP contribution >= 0.6 is 28.4 Å². The molecule has 2 rings (SSSR count). The van der Waals surface area contributed by atoms with Gasteiger partial charge in [-0.2, -0.15) is 5.10 Å². The van der Waals surface area contributed by atoms with Gasteiger partial charge in [-0.3, -0.25) is 0 Å². The summed E-state index contributed by atoms with van der Waals surface area (Å²) in [5, 5.41) is 10.5. The Balaban J connectivity index is 2.22. The summed E-state index contributed by atoms with van der Waals surface area (Å²) in [7, 11) is 0. The van der Waals surface area contributed by atoms with Crippen LogP contribution in [0, 0.1) is 0 Å². The van der Waals surface area contributed by atoms with Gasteiger partial charge in [0, 0.05) is 18.0 Å². The number of halogens is 1. The summed E-state index contributed by atoms with van der Waals surface area (Å²) in [4.78, 5) is 0. The first-order chi connectivity index (χ1) is 5.90. The van der Waals surface area contributed by atoms with Gasteiger partial charge in [-0.1, -0.05) is 0 Å². The highest BCUT2D eigenvalue weighted by Crippen LogP contribution is 2.24. The monoisotopic (exact) mass is 294 g/mol. The average Bonchev–Trinajstić information content (AvgIpc) is 2.75. The Kier molecular flexibility index (Phi) is 2.51. The molecule has 4 nitrogen and oxygen atoms in total. The summed E-state index contributed by atoms with van der Waals surface area (Å²) in [6, 6.07) is 0. The molecule has 1 unspecified atom stereocenters. The van der Waals surface area contributed by atoms with Crippen molar-refractivity contribution >= 4 is 34.1 Å². The molecule has 0 radical (unpaired) electrons. The summed E-state index contributed by atoms with van der Waals surface area (Å²) >= 11 is 2.30. The number of nitrogens with zero attached hydrogens (tertiary/aromatic N) is 2. The van der Waals surface area contributed by atoms with E-state index >= 15 is 0 Å². The van der Waals surface area contributed by atoms with Gasteiger partial charge in [-0.15, -0.1) is 0 Å². The first-order valence-corrected chi connectivity index (χ1v) is 7.55.